The van der Waals surface area contributed by atoms with Gasteiger partial charge in [-0.05, 0) is 29.8 Å². The first-order valence-corrected chi connectivity index (χ1v) is 7.91. The van der Waals surface area contributed by atoms with Crippen LogP contribution in [0.1, 0.15) is 15.9 Å². The van der Waals surface area contributed by atoms with Crippen molar-refractivity contribution in [1.29, 1.82) is 0 Å². The average Bonchev–Trinajstić information content (AvgIpc) is 2.61. The molecular weight excluding hydrogens is 387 g/mol. The van der Waals surface area contributed by atoms with E-state index in [2.05, 4.69) is 10.1 Å². The lowest BCUT2D eigenvalue weighted by molar-refractivity contribution is -0.123. The number of para-hydroxylation sites is 1. The summed E-state index contributed by atoms with van der Waals surface area (Å²) in [6, 6.07) is 11.0. The minimum atomic E-state index is -4.56. The van der Waals surface area contributed by atoms with Crippen LogP contribution in [0.2, 0.25) is 0 Å². The second-order valence-electron chi connectivity index (χ2n) is 5.59. The summed E-state index contributed by atoms with van der Waals surface area (Å²) in [7, 11) is 0. The van der Waals surface area contributed by atoms with Crippen molar-refractivity contribution < 1.29 is 36.3 Å². The number of alkyl halides is 5. The van der Waals surface area contributed by atoms with Gasteiger partial charge in [0, 0.05) is 0 Å². The molecule has 0 spiro atoms. The van der Waals surface area contributed by atoms with Gasteiger partial charge in [-0.15, -0.1) is 0 Å². The van der Waals surface area contributed by atoms with Gasteiger partial charge in [0.25, 0.3) is 5.91 Å². The van der Waals surface area contributed by atoms with Crippen LogP contribution >= 0.6 is 0 Å². The van der Waals surface area contributed by atoms with Crippen LogP contribution in [0.25, 0.3) is 0 Å². The van der Waals surface area contributed by atoms with Gasteiger partial charge in [-0.2, -0.15) is 22.0 Å². The Labute approximate surface area is 156 Å². The summed E-state index contributed by atoms with van der Waals surface area (Å²) < 4.78 is 65.2. The highest BCUT2D eigenvalue weighted by molar-refractivity contribution is 6.04. The van der Waals surface area contributed by atoms with Gasteiger partial charge in [-0.3, -0.25) is 9.59 Å². The summed E-state index contributed by atoms with van der Waals surface area (Å²) in [5.41, 5.74) is 0.406. The summed E-state index contributed by atoms with van der Waals surface area (Å²) in [6.45, 7) is -4.46. The van der Waals surface area contributed by atoms with Crippen LogP contribution in [0, 0.1) is 0 Å². The van der Waals surface area contributed by atoms with Crippen LogP contribution < -0.4 is 15.4 Å². The molecule has 0 aliphatic heterocycles. The zero-order chi connectivity index (χ0) is 20.7. The molecule has 2 amide bonds. The number of rotatable bonds is 7. The first kappa shape index (κ1) is 21.1. The van der Waals surface area contributed by atoms with Crippen LogP contribution in [0.15, 0.2) is 48.5 Å². The maximum absolute atomic E-state index is 12.2. The summed E-state index contributed by atoms with van der Waals surface area (Å²) in [6.07, 6.45) is -4.71. The Bertz CT molecular complexity index is 823. The van der Waals surface area contributed by atoms with Gasteiger partial charge in [0.05, 0.1) is 17.7 Å². The Hall–Kier alpha value is -3.17. The van der Waals surface area contributed by atoms with Crippen LogP contribution in [0.5, 0.6) is 5.75 Å². The van der Waals surface area contributed by atoms with Crippen molar-refractivity contribution >= 4 is 17.5 Å². The number of nitrogens with one attached hydrogen (secondary N) is 2. The number of hydrogen-bond donors (Lipinski definition) is 2. The van der Waals surface area contributed by atoms with Crippen LogP contribution in [0.4, 0.5) is 27.6 Å². The van der Waals surface area contributed by atoms with E-state index in [-0.39, 0.29) is 23.4 Å². The molecule has 0 aromatic heterocycles. The maximum atomic E-state index is 12.2. The molecule has 28 heavy (non-hydrogen) atoms. The highest BCUT2D eigenvalue weighted by Crippen LogP contribution is 2.18. The van der Waals surface area contributed by atoms with Crippen LogP contribution in [-0.2, 0) is 11.2 Å². The number of hydrogen-bond acceptors (Lipinski definition) is 3. The lowest BCUT2D eigenvalue weighted by Gasteiger charge is -2.13. The Morgan fingerprint density at radius 2 is 1.64 bits per heavy atom. The molecule has 2 aromatic carbocycles. The fraction of sp³-hybridized carbons (Fsp3) is 0.222. The molecule has 0 atom stereocenters. The van der Waals surface area contributed by atoms with E-state index in [1.54, 1.807) is 5.32 Å². The standard InChI is InChI=1S/C18H15F5N2O3/c19-17(20)28-12-7-5-11(6-8-12)9-15(26)25-14-4-2-1-3-13(14)16(27)24-10-18(21,22)23/h1-8,17H,9-10H2,(H,24,27)(H,25,26). The molecule has 10 heteroatoms. The smallest absolute Gasteiger partial charge is 0.405 e. The Morgan fingerprint density at radius 1 is 1.00 bits per heavy atom. The lowest BCUT2D eigenvalue weighted by atomic mass is 10.1. The monoisotopic (exact) mass is 402 g/mol. The molecule has 0 fully saturated rings. The summed E-state index contributed by atoms with van der Waals surface area (Å²) in [4.78, 5) is 24.1. The average molecular weight is 402 g/mol. The van der Waals surface area contributed by atoms with Crippen LogP contribution in [-0.4, -0.2) is 31.1 Å². The number of carbonyl (C=O) groups excluding carboxylic acids is 2. The lowest BCUT2D eigenvalue weighted by Crippen LogP contribution is -2.34. The van der Waals surface area contributed by atoms with Crippen molar-refractivity contribution in [2.45, 2.75) is 19.2 Å². The molecule has 2 rings (SSSR count). The number of ether oxygens (including phenoxy) is 1. The topological polar surface area (TPSA) is 67.4 Å². The third kappa shape index (κ3) is 6.86. The maximum Gasteiger partial charge on any atom is 0.405 e. The number of anilines is 1. The van der Waals surface area contributed by atoms with Crippen molar-refractivity contribution in [1.82, 2.24) is 5.32 Å². The van der Waals surface area contributed by atoms with Crippen molar-refractivity contribution in [2.24, 2.45) is 0 Å². The van der Waals surface area contributed by atoms with E-state index in [9.17, 15) is 31.5 Å². The number of benzene rings is 2. The minimum Gasteiger partial charge on any atom is -0.435 e. The molecule has 0 saturated carbocycles. The van der Waals surface area contributed by atoms with E-state index >= 15 is 0 Å². The fourth-order valence-corrected chi connectivity index (χ4v) is 2.23. The normalized spacial score (nSPS) is 11.2. The molecule has 0 aliphatic rings. The highest BCUT2D eigenvalue weighted by atomic mass is 19.4. The van der Waals surface area contributed by atoms with Crippen molar-refractivity contribution in [3.8, 4) is 5.75 Å². The minimum absolute atomic E-state index is 0.0461. The van der Waals surface area contributed by atoms with E-state index < -0.39 is 31.1 Å². The third-order valence-electron chi connectivity index (χ3n) is 3.41. The Balaban J connectivity index is 2.01. The number of halogens is 5. The molecule has 2 N–H and O–H groups in total. The SMILES string of the molecule is O=C(Cc1ccc(OC(F)F)cc1)Nc1ccccc1C(=O)NCC(F)(F)F. The molecule has 0 saturated heterocycles. The van der Waals surface area contributed by atoms with E-state index in [1.807, 2.05) is 0 Å². The highest BCUT2D eigenvalue weighted by Gasteiger charge is 2.28. The van der Waals surface area contributed by atoms with Gasteiger partial charge in [0.1, 0.15) is 12.3 Å². The van der Waals surface area contributed by atoms with Crippen molar-refractivity contribution in [3.63, 3.8) is 0 Å². The Morgan fingerprint density at radius 3 is 2.25 bits per heavy atom. The first-order chi connectivity index (χ1) is 13.1. The van der Waals surface area contributed by atoms with E-state index in [0.29, 0.717) is 5.56 Å². The molecule has 2 aromatic rings. The first-order valence-electron chi connectivity index (χ1n) is 7.91. The van der Waals surface area contributed by atoms with Gasteiger partial charge in [-0.25, -0.2) is 0 Å². The molecule has 0 bridgehead atoms. The second kappa shape index (κ2) is 9.16. The van der Waals surface area contributed by atoms with E-state index in [0.717, 1.165) is 0 Å². The molecule has 5 nitrogen and oxygen atoms in total. The third-order valence-corrected chi connectivity index (χ3v) is 3.41. The summed E-state index contributed by atoms with van der Waals surface area (Å²) in [5.74, 6) is -1.59. The quantitative estimate of drug-likeness (QED) is 0.693. The van der Waals surface area contributed by atoms with Gasteiger partial charge in [-0.1, -0.05) is 24.3 Å². The molecule has 0 radical (unpaired) electrons. The van der Waals surface area contributed by atoms with Crippen LogP contribution in [0.3, 0.4) is 0 Å². The van der Waals surface area contributed by atoms with Gasteiger partial charge in [0.2, 0.25) is 5.91 Å². The van der Waals surface area contributed by atoms with E-state index in [1.165, 1.54) is 48.5 Å². The fourth-order valence-electron chi connectivity index (χ4n) is 2.23. The van der Waals surface area contributed by atoms with Gasteiger partial charge in [0.15, 0.2) is 0 Å². The predicted octanol–water partition coefficient (Wildman–Crippen LogP) is 3.76. The molecule has 0 heterocycles. The largest absolute Gasteiger partial charge is 0.435 e. The summed E-state index contributed by atoms with van der Waals surface area (Å²) >= 11 is 0. The van der Waals surface area contributed by atoms with Crippen molar-refractivity contribution in [3.05, 3.63) is 59.7 Å². The molecular formula is C18H15F5N2O3. The van der Waals surface area contributed by atoms with Gasteiger partial charge < -0.3 is 15.4 Å². The molecule has 0 aliphatic carbocycles. The number of amides is 2. The van der Waals surface area contributed by atoms with E-state index in [4.69, 9.17) is 0 Å². The van der Waals surface area contributed by atoms with Gasteiger partial charge >= 0.3 is 12.8 Å². The number of carbonyl (C=O) groups is 2. The second-order valence-corrected chi connectivity index (χ2v) is 5.59. The summed E-state index contributed by atoms with van der Waals surface area (Å²) in [5, 5.41) is 4.19. The zero-order valence-electron chi connectivity index (χ0n) is 14.2. The Kier molecular flexibility index (Phi) is 6.91. The zero-order valence-corrected chi connectivity index (χ0v) is 14.2. The van der Waals surface area contributed by atoms with Crippen molar-refractivity contribution in [2.75, 3.05) is 11.9 Å². The molecule has 0 unspecified atom stereocenters. The molecule has 150 valence electrons. The predicted molar refractivity (Wildman–Crippen MR) is 90.2 cm³/mol.